The molecule has 1 saturated carbocycles. The van der Waals surface area contributed by atoms with Crippen LogP contribution in [0.2, 0.25) is 0 Å². The SMILES string of the molecule is CCCNC(Cc1ccc(Br)cc1)C1CCCCC1(C)C. The van der Waals surface area contributed by atoms with Crippen LogP contribution in [0, 0.1) is 11.3 Å². The lowest BCUT2D eigenvalue weighted by atomic mass is 9.65. The van der Waals surface area contributed by atoms with Gasteiger partial charge in [-0.2, -0.15) is 0 Å². The summed E-state index contributed by atoms with van der Waals surface area (Å²) in [5, 5.41) is 3.85. The van der Waals surface area contributed by atoms with E-state index in [0.29, 0.717) is 11.5 Å². The van der Waals surface area contributed by atoms with Gasteiger partial charge in [-0.25, -0.2) is 0 Å². The molecule has 1 aromatic rings. The predicted octanol–water partition coefficient (Wildman–Crippen LogP) is 5.58. The van der Waals surface area contributed by atoms with Crippen LogP contribution in [-0.4, -0.2) is 12.6 Å². The molecule has 2 unspecified atom stereocenters. The number of hydrogen-bond acceptors (Lipinski definition) is 1. The number of rotatable bonds is 6. The summed E-state index contributed by atoms with van der Waals surface area (Å²) < 4.78 is 1.17. The Morgan fingerprint density at radius 1 is 1.24 bits per heavy atom. The zero-order chi connectivity index (χ0) is 15.3. The van der Waals surface area contributed by atoms with Gasteiger partial charge in [0.15, 0.2) is 0 Å². The summed E-state index contributed by atoms with van der Waals surface area (Å²) in [6, 6.07) is 9.47. The number of nitrogens with one attached hydrogen (secondary N) is 1. The van der Waals surface area contributed by atoms with Gasteiger partial charge in [-0.3, -0.25) is 0 Å². The second-order valence-electron chi connectivity index (χ2n) is 7.23. The minimum absolute atomic E-state index is 0.471. The zero-order valence-electron chi connectivity index (χ0n) is 13.8. The Balaban J connectivity index is 2.11. The van der Waals surface area contributed by atoms with Crippen molar-refractivity contribution in [3.05, 3.63) is 34.3 Å². The van der Waals surface area contributed by atoms with Crippen molar-refractivity contribution in [1.82, 2.24) is 5.32 Å². The van der Waals surface area contributed by atoms with Gasteiger partial charge < -0.3 is 5.32 Å². The molecule has 0 bridgehead atoms. The van der Waals surface area contributed by atoms with Crippen LogP contribution in [0.25, 0.3) is 0 Å². The first-order valence-corrected chi connectivity index (χ1v) is 9.30. The Morgan fingerprint density at radius 3 is 2.57 bits per heavy atom. The molecule has 118 valence electrons. The van der Waals surface area contributed by atoms with Crippen LogP contribution in [0.5, 0.6) is 0 Å². The highest BCUT2D eigenvalue weighted by atomic mass is 79.9. The summed E-state index contributed by atoms with van der Waals surface area (Å²) in [6.45, 7) is 8.33. The molecule has 21 heavy (non-hydrogen) atoms. The summed E-state index contributed by atoms with van der Waals surface area (Å²) >= 11 is 3.53. The van der Waals surface area contributed by atoms with Crippen LogP contribution in [-0.2, 0) is 6.42 Å². The van der Waals surface area contributed by atoms with Gasteiger partial charge in [-0.1, -0.05) is 61.7 Å². The fourth-order valence-corrected chi connectivity index (χ4v) is 4.09. The fraction of sp³-hybridized carbons (Fsp3) is 0.684. The smallest absolute Gasteiger partial charge is 0.0175 e. The van der Waals surface area contributed by atoms with Gasteiger partial charge in [-0.05, 0) is 61.3 Å². The van der Waals surface area contributed by atoms with Gasteiger partial charge >= 0.3 is 0 Å². The molecule has 0 aromatic heterocycles. The highest BCUT2D eigenvalue weighted by Gasteiger charge is 2.37. The van der Waals surface area contributed by atoms with E-state index in [0.717, 1.165) is 18.9 Å². The van der Waals surface area contributed by atoms with E-state index in [-0.39, 0.29) is 0 Å². The molecule has 0 saturated heterocycles. The van der Waals surface area contributed by atoms with Gasteiger partial charge in [-0.15, -0.1) is 0 Å². The van der Waals surface area contributed by atoms with Crippen molar-refractivity contribution in [3.8, 4) is 0 Å². The summed E-state index contributed by atoms with van der Waals surface area (Å²) in [5.41, 5.74) is 1.92. The van der Waals surface area contributed by atoms with Crippen LogP contribution in [0.15, 0.2) is 28.7 Å². The highest BCUT2D eigenvalue weighted by molar-refractivity contribution is 9.10. The molecule has 2 heteroatoms. The molecule has 0 aliphatic heterocycles. The third-order valence-corrected chi connectivity index (χ3v) is 5.63. The average molecular weight is 352 g/mol. The Hall–Kier alpha value is -0.340. The lowest BCUT2D eigenvalue weighted by Crippen LogP contribution is -2.46. The predicted molar refractivity (Wildman–Crippen MR) is 95.7 cm³/mol. The summed E-state index contributed by atoms with van der Waals surface area (Å²) in [4.78, 5) is 0. The summed E-state index contributed by atoms with van der Waals surface area (Å²) in [7, 11) is 0. The van der Waals surface area contributed by atoms with Crippen molar-refractivity contribution in [2.24, 2.45) is 11.3 Å². The number of halogens is 1. The van der Waals surface area contributed by atoms with E-state index in [2.05, 4.69) is 66.3 Å². The average Bonchev–Trinajstić information content (AvgIpc) is 2.45. The second kappa shape index (κ2) is 7.78. The van der Waals surface area contributed by atoms with Crippen LogP contribution in [0.3, 0.4) is 0 Å². The van der Waals surface area contributed by atoms with E-state index >= 15 is 0 Å². The van der Waals surface area contributed by atoms with E-state index < -0.39 is 0 Å². The highest BCUT2D eigenvalue weighted by Crippen LogP contribution is 2.43. The number of benzene rings is 1. The van der Waals surface area contributed by atoms with Crippen molar-refractivity contribution in [2.75, 3.05) is 6.54 Å². The van der Waals surface area contributed by atoms with Crippen molar-refractivity contribution < 1.29 is 0 Å². The molecule has 0 amide bonds. The van der Waals surface area contributed by atoms with Crippen LogP contribution in [0.4, 0.5) is 0 Å². The number of hydrogen-bond donors (Lipinski definition) is 1. The van der Waals surface area contributed by atoms with E-state index in [1.54, 1.807) is 0 Å². The molecule has 0 spiro atoms. The first-order valence-electron chi connectivity index (χ1n) is 8.51. The molecule has 1 N–H and O–H groups in total. The van der Waals surface area contributed by atoms with E-state index in [1.807, 2.05) is 0 Å². The first-order chi connectivity index (χ1) is 10.0. The Kier molecular flexibility index (Phi) is 6.31. The molecular formula is C19H30BrN. The topological polar surface area (TPSA) is 12.0 Å². The van der Waals surface area contributed by atoms with Gasteiger partial charge in [0.2, 0.25) is 0 Å². The monoisotopic (exact) mass is 351 g/mol. The van der Waals surface area contributed by atoms with Crippen molar-refractivity contribution in [2.45, 2.75) is 65.3 Å². The lowest BCUT2D eigenvalue weighted by molar-refractivity contribution is 0.0981. The largest absolute Gasteiger partial charge is 0.313 e. The van der Waals surface area contributed by atoms with Gasteiger partial charge in [0.05, 0.1) is 0 Å². The third-order valence-electron chi connectivity index (χ3n) is 5.10. The maximum absolute atomic E-state index is 3.85. The Bertz CT molecular complexity index is 424. The van der Waals surface area contributed by atoms with E-state index in [9.17, 15) is 0 Å². The molecule has 0 radical (unpaired) electrons. The van der Waals surface area contributed by atoms with Crippen molar-refractivity contribution >= 4 is 15.9 Å². The van der Waals surface area contributed by atoms with Crippen molar-refractivity contribution in [1.29, 1.82) is 0 Å². The minimum Gasteiger partial charge on any atom is -0.313 e. The summed E-state index contributed by atoms with van der Waals surface area (Å²) in [5.74, 6) is 0.793. The summed E-state index contributed by atoms with van der Waals surface area (Å²) in [6.07, 6.45) is 7.93. The molecule has 1 aliphatic carbocycles. The van der Waals surface area contributed by atoms with Gasteiger partial charge in [0.25, 0.3) is 0 Å². The standard InChI is InChI=1S/C19H30BrN/c1-4-13-21-18(14-15-8-10-16(20)11-9-15)17-7-5-6-12-19(17,2)3/h8-11,17-18,21H,4-7,12-14H2,1-3H3. The third kappa shape index (κ3) is 4.82. The lowest BCUT2D eigenvalue weighted by Gasteiger charge is -2.44. The quantitative estimate of drug-likeness (QED) is 0.705. The van der Waals surface area contributed by atoms with E-state index in [4.69, 9.17) is 0 Å². The van der Waals surface area contributed by atoms with Crippen LogP contribution >= 0.6 is 15.9 Å². The molecule has 2 rings (SSSR count). The second-order valence-corrected chi connectivity index (χ2v) is 8.15. The molecular weight excluding hydrogens is 322 g/mol. The molecule has 1 fully saturated rings. The molecule has 2 atom stereocenters. The fourth-order valence-electron chi connectivity index (χ4n) is 3.83. The molecule has 0 heterocycles. The molecule has 1 nitrogen and oxygen atoms in total. The molecule has 1 aliphatic rings. The van der Waals surface area contributed by atoms with E-state index in [1.165, 1.54) is 42.1 Å². The van der Waals surface area contributed by atoms with Crippen LogP contribution in [0.1, 0.15) is 58.4 Å². The zero-order valence-corrected chi connectivity index (χ0v) is 15.4. The minimum atomic E-state index is 0.471. The van der Waals surface area contributed by atoms with Gasteiger partial charge in [0, 0.05) is 10.5 Å². The molecule has 1 aromatic carbocycles. The maximum Gasteiger partial charge on any atom is 0.0175 e. The maximum atomic E-state index is 3.85. The van der Waals surface area contributed by atoms with Crippen molar-refractivity contribution in [3.63, 3.8) is 0 Å². The Labute approximate surface area is 139 Å². The first kappa shape index (κ1) is 17.0. The normalized spacial score (nSPS) is 23.0. The van der Waals surface area contributed by atoms with Crippen LogP contribution < -0.4 is 5.32 Å². The Morgan fingerprint density at radius 2 is 1.95 bits per heavy atom. The van der Waals surface area contributed by atoms with Gasteiger partial charge in [0.1, 0.15) is 0 Å².